The Hall–Kier alpha value is -2.00. The fraction of sp³-hybridized carbons (Fsp3) is 0.308. The van der Waals surface area contributed by atoms with Gasteiger partial charge in [0, 0.05) is 23.1 Å². The van der Waals surface area contributed by atoms with Gasteiger partial charge in [-0.1, -0.05) is 30.3 Å². The van der Waals surface area contributed by atoms with E-state index in [2.05, 4.69) is 20.0 Å². The van der Waals surface area contributed by atoms with E-state index in [1.54, 1.807) is 0 Å². The predicted molar refractivity (Wildman–Crippen MR) is 84.6 cm³/mol. The van der Waals surface area contributed by atoms with E-state index in [0.717, 1.165) is 17.1 Å². The van der Waals surface area contributed by atoms with Crippen LogP contribution in [0.5, 0.6) is 0 Å². The maximum Gasteiger partial charge on any atom is 0.321 e. The topological polar surface area (TPSA) is 101 Å². The van der Waals surface area contributed by atoms with Gasteiger partial charge in [0.25, 0.3) is 0 Å². The average Bonchev–Trinajstić information content (AvgIpc) is 3.06. The second-order valence-corrected chi connectivity index (χ2v) is 7.97. The van der Waals surface area contributed by atoms with Gasteiger partial charge in [-0.25, -0.2) is 13.2 Å². The zero-order chi connectivity index (χ0) is 15.6. The lowest BCUT2D eigenvalue weighted by atomic mass is 10.2. The van der Waals surface area contributed by atoms with Crippen molar-refractivity contribution in [3.63, 3.8) is 0 Å². The smallest absolute Gasteiger partial charge is 0.321 e. The Kier molecular flexibility index (Phi) is 4.08. The van der Waals surface area contributed by atoms with E-state index in [0.29, 0.717) is 17.4 Å². The van der Waals surface area contributed by atoms with Crippen LogP contribution >= 0.6 is 11.5 Å². The first-order valence-corrected chi connectivity index (χ1v) is 9.28. The number of carbonyl (C=O) groups excluding carboxylic acids is 1. The number of sulfone groups is 1. The largest absolute Gasteiger partial charge is 0.334 e. The molecule has 1 aromatic carbocycles. The SMILES string of the molecule is O=C(Nc1nc(-c2ccccc2)ns1)N[C@@H]1CCS(=O)(=O)C1. The second-order valence-electron chi connectivity index (χ2n) is 4.99. The lowest BCUT2D eigenvalue weighted by molar-refractivity contribution is 0.249. The lowest BCUT2D eigenvalue weighted by Gasteiger charge is -2.10. The maximum absolute atomic E-state index is 11.8. The van der Waals surface area contributed by atoms with Crippen LogP contribution in [0.4, 0.5) is 9.93 Å². The van der Waals surface area contributed by atoms with Crippen molar-refractivity contribution in [2.45, 2.75) is 12.5 Å². The highest BCUT2D eigenvalue weighted by Gasteiger charge is 2.29. The zero-order valence-electron chi connectivity index (χ0n) is 11.5. The summed E-state index contributed by atoms with van der Waals surface area (Å²) in [5.41, 5.74) is 0.870. The van der Waals surface area contributed by atoms with Crippen LogP contribution in [0.1, 0.15) is 6.42 Å². The third-order valence-electron chi connectivity index (χ3n) is 3.25. The van der Waals surface area contributed by atoms with E-state index >= 15 is 0 Å². The summed E-state index contributed by atoms with van der Waals surface area (Å²) in [6.07, 6.45) is 0.446. The number of carbonyl (C=O) groups is 1. The molecule has 0 bridgehead atoms. The number of anilines is 1. The summed E-state index contributed by atoms with van der Waals surface area (Å²) in [6, 6.07) is 8.64. The maximum atomic E-state index is 11.8. The van der Waals surface area contributed by atoms with Crippen molar-refractivity contribution >= 4 is 32.5 Å². The van der Waals surface area contributed by atoms with Gasteiger partial charge in [-0.2, -0.15) is 9.36 Å². The standard InChI is InChI=1S/C13H14N4O3S2/c18-12(14-10-6-7-22(19,20)8-10)16-13-15-11(17-21-13)9-4-2-1-3-5-9/h1-5,10H,6-8H2,(H2,14,15,16,17,18)/t10-/m1/s1. The van der Waals surface area contributed by atoms with Gasteiger partial charge in [-0.3, -0.25) is 5.32 Å². The van der Waals surface area contributed by atoms with Gasteiger partial charge in [0.15, 0.2) is 15.7 Å². The number of amides is 2. The molecule has 1 atom stereocenters. The van der Waals surface area contributed by atoms with Crippen LogP contribution in [0.15, 0.2) is 30.3 Å². The quantitative estimate of drug-likeness (QED) is 0.883. The first kappa shape index (κ1) is 14.9. The normalized spacial score (nSPS) is 19.7. The molecule has 7 nitrogen and oxygen atoms in total. The molecule has 3 rings (SSSR count). The summed E-state index contributed by atoms with van der Waals surface area (Å²) < 4.78 is 26.9. The van der Waals surface area contributed by atoms with Crippen molar-refractivity contribution in [1.82, 2.24) is 14.7 Å². The number of benzene rings is 1. The second kappa shape index (κ2) is 6.01. The molecular weight excluding hydrogens is 324 g/mol. The van der Waals surface area contributed by atoms with Crippen molar-refractivity contribution in [2.75, 3.05) is 16.8 Å². The molecule has 22 heavy (non-hydrogen) atoms. The molecule has 116 valence electrons. The zero-order valence-corrected chi connectivity index (χ0v) is 13.2. The molecule has 1 aromatic heterocycles. The highest BCUT2D eigenvalue weighted by atomic mass is 32.2. The predicted octanol–water partition coefficient (Wildman–Crippen LogP) is 1.51. The molecule has 2 amide bonds. The summed E-state index contributed by atoms with van der Waals surface area (Å²) in [5.74, 6) is 0.658. The molecule has 0 radical (unpaired) electrons. The van der Waals surface area contributed by atoms with E-state index in [4.69, 9.17) is 0 Å². The molecule has 2 N–H and O–H groups in total. The van der Waals surface area contributed by atoms with E-state index in [1.807, 2.05) is 30.3 Å². The minimum absolute atomic E-state index is 0.00813. The van der Waals surface area contributed by atoms with E-state index in [-0.39, 0.29) is 17.5 Å². The third-order valence-corrected chi connectivity index (χ3v) is 5.64. The Morgan fingerprint density at radius 3 is 2.73 bits per heavy atom. The van der Waals surface area contributed by atoms with E-state index in [9.17, 15) is 13.2 Å². The summed E-state index contributed by atoms with van der Waals surface area (Å²) in [4.78, 5) is 16.1. The summed E-state index contributed by atoms with van der Waals surface area (Å²) in [6.45, 7) is 0. The molecular formula is C13H14N4O3S2. The van der Waals surface area contributed by atoms with Crippen LogP contribution in [0, 0.1) is 0 Å². The first-order chi connectivity index (χ1) is 10.5. The van der Waals surface area contributed by atoms with Crippen LogP contribution in [0.2, 0.25) is 0 Å². The Morgan fingerprint density at radius 2 is 2.05 bits per heavy atom. The molecule has 9 heteroatoms. The average molecular weight is 338 g/mol. The van der Waals surface area contributed by atoms with Gasteiger partial charge in [0.05, 0.1) is 11.5 Å². The molecule has 0 unspecified atom stereocenters. The van der Waals surface area contributed by atoms with Crippen LogP contribution in [-0.2, 0) is 9.84 Å². The minimum Gasteiger partial charge on any atom is -0.334 e. The number of hydrogen-bond acceptors (Lipinski definition) is 6. The molecule has 0 aliphatic carbocycles. The number of aromatic nitrogens is 2. The minimum atomic E-state index is -3.01. The number of nitrogens with one attached hydrogen (secondary N) is 2. The molecule has 1 saturated heterocycles. The molecule has 2 heterocycles. The van der Waals surface area contributed by atoms with Crippen molar-refractivity contribution in [1.29, 1.82) is 0 Å². The van der Waals surface area contributed by atoms with Crippen LogP contribution < -0.4 is 10.6 Å². The molecule has 1 aliphatic rings. The number of hydrogen-bond donors (Lipinski definition) is 2. The van der Waals surface area contributed by atoms with Gasteiger partial charge in [0.1, 0.15) is 0 Å². The fourth-order valence-corrected chi connectivity index (χ4v) is 4.46. The highest BCUT2D eigenvalue weighted by molar-refractivity contribution is 7.91. The summed E-state index contributed by atoms with van der Waals surface area (Å²) in [7, 11) is -3.01. The van der Waals surface area contributed by atoms with Crippen molar-refractivity contribution < 1.29 is 13.2 Å². The van der Waals surface area contributed by atoms with Gasteiger partial charge in [-0.05, 0) is 6.42 Å². The number of nitrogens with zero attached hydrogens (tertiary/aromatic N) is 2. The lowest BCUT2D eigenvalue weighted by Crippen LogP contribution is -2.38. The highest BCUT2D eigenvalue weighted by Crippen LogP contribution is 2.20. The number of urea groups is 1. The third kappa shape index (κ3) is 3.60. The van der Waals surface area contributed by atoms with Crippen LogP contribution in [-0.4, -0.2) is 41.4 Å². The molecule has 2 aromatic rings. The number of rotatable bonds is 3. The van der Waals surface area contributed by atoms with Crippen molar-refractivity contribution in [2.24, 2.45) is 0 Å². The van der Waals surface area contributed by atoms with Crippen LogP contribution in [0.25, 0.3) is 11.4 Å². The Bertz CT molecular complexity index is 774. The van der Waals surface area contributed by atoms with Gasteiger partial charge >= 0.3 is 6.03 Å². The monoisotopic (exact) mass is 338 g/mol. The van der Waals surface area contributed by atoms with Crippen molar-refractivity contribution in [3.8, 4) is 11.4 Å². The molecule has 0 spiro atoms. The summed E-state index contributed by atoms with van der Waals surface area (Å²) >= 11 is 1.08. The fourth-order valence-electron chi connectivity index (χ4n) is 2.21. The molecule has 1 fully saturated rings. The first-order valence-electron chi connectivity index (χ1n) is 6.69. The molecule has 0 saturated carbocycles. The van der Waals surface area contributed by atoms with Crippen molar-refractivity contribution in [3.05, 3.63) is 30.3 Å². The summed E-state index contributed by atoms with van der Waals surface area (Å²) in [5, 5.41) is 5.60. The van der Waals surface area contributed by atoms with E-state index in [1.165, 1.54) is 0 Å². The van der Waals surface area contributed by atoms with E-state index < -0.39 is 15.9 Å². The molecule has 1 aliphatic heterocycles. The van der Waals surface area contributed by atoms with Gasteiger partial charge < -0.3 is 5.32 Å². The Balaban J connectivity index is 1.60. The Labute approximate surface area is 131 Å². The Morgan fingerprint density at radius 1 is 1.27 bits per heavy atom. The van der Waals surface area contributed by atoms with Gasteiger partial charge in [0.2, 0.25) is 5.13 Å². The van der Waals surface area contributed by atoms with Gasteiger partial charge in [-0.15, -0.1) is 0 Å². The van der Waals surface area contributed by atoms with Crippen LogP contribution in [0.3, 0.4) is 0 Å².